The fourth-order valence-electron chi connectivity index (χ4n) is 1.66. The maximum Gasteiger partial charge on any atom is 0.332 e. The lowest BCUT2D eigenvalue weighted by Gasteiger charge is -2.18. The zero-order valence-electron chi connectivity index (χ0n) is 10.2. The Bertz CT molecular complexity index is 295. The Morgan fingerprint density at radius 3 is 2.59 bits per heavy atom. The molecule has 0 heterocycles. The third kappa shape index (κ3) is 4.60. The molecule has 0 saturated heterocycles. The van der Waals surface area contributed by atoms with E-state index in [0.717, 1.165) is 13.0 Å². The van der Waals surface area contributed by atoms with Crippen molar-refractivity contribution in [2.24, 2.45) is 11.8 Å². The molecule has 1 fully saturated rings. The third-order valence-corrected chi connectivity index (χ3v) is 3.11. The second-order valence-corrected chi connectivity index (χ2v) is 4.73. The quantitative estimate of drug-likeness (QED) is 0.619. The average Bonchev–Trinajstić information content (AvgIpc) is 2.93. The van der Waals surface area contributed by atoms with Crippen molar-refractivity contribution in [3.8, 4) is 0 Å². The number of aliphatic hydroxyl groups excluding tert-OH is 1. The lowest BCUT2D eigenvalue weighted by atomic mass is 10.2. The van der Waals surface area contributed by atoms with Crippen LogP contribution in [0.25, 0.3) is 0 Å². The lowest BCUT2D eigenvalue weighted by Crippen LogP contribution is -2.40. The highest BCUT2D eigenvalue weighted by molar-refractivity contribution is 5.74. The summed E-state index contributed by atoms with van der Waals surface area (Å²) in [5.41, 5.74) is 0. The predicted octanol–water partition coefficient (Wildman–Crippen LogP) is 0.119. The van der Waals surface area contributed by atoms with Gasteiger partial charge in [0.25, 0.3) is 0 Å². The van der Waals surface area contributed by atoms with Gasteiger partial charge in [-0.05, 0) is 18.3 Å². The van der Waals surface area contributed by atoms with E-state index in [-0.39, 0.29) is 19.0 Å². The van der Waals surface area contributed by atoms with Crippen LogP contribution in [0.3, 0.4) is 0 Å². The van der Waals surface area contributed by atoms with E-state index in [4.69, 9.17) is 10.2 Å². The Labute approximate surface area is 101 Å². The summed E-state index contributed by atoms with van der Waals surface area (Å²) in [4.78, 5) is 23.5. The lowest BCUT2D eigenvalue weighted by molar-refractivity contribution is -0.146. The molecule has 17 heavy (non-hydrogen) atoms. The molecule has 3 atom stereocenters. The molecule has 98 valence electrons. The minimum absolute atomic E-state index is 0.0226. The van der Waals surface area contributed by atoms with Crippen molar-refractivity contribution in [3.63, 3.8) is 0 Å². The molecule has 6 nitrogen and oxygen atoms in total. The molecule has 0 aliphatic heterocycles. The van der Waals surface area contributed by atoms with Crippen LogP contribution in [0.1, 0.15) is 19.8 Å². The Balaban J connectivity index is 2.13. The number of rotatable bonds is 6. The van der Waals surface area contributed by atoms with Crippen LogP contribution >= 0.6 is 0 Å². The van der Waals surface area contributed by atoms with Crippen molar-refractivity contribution in [3.05, 3.63) is 0 Å². The molecule has 1 saturated carbocycles. The van der Waals surface area contributed by atoms with Crippen molar-refractivity contribution >= 4 is 12.0 Å². The van der Waals surface area contributed by atoms with Crippen molar-refractivity contribution in [1.82, 2.24) is 10.2 Å². The van der Waals surface area contributed by atoms with Gasteiger partial charge in [0.15, 0.2) is 6.10 Å². The summed E-state index contributed by atoms with van der Waals surface area (Å²) in [6, 6.07) is -0.221. The van der Waals surface area contributed by atoms with Gasteiger partial charge in [-0.2, -0.15) is 0 Å². The average molecular weight is 244 g/mol. The molecule has 0 aromatic rings. The number of amides is 2. The zero-order chi connectivity index (χ0) is 13.0. The summed E-state index contributed by atoms with van der Waals surface area (Å²) in [6.45, 7) is 3.05. The monoisotopic (exact) mass is 244 g/mol. The first kappa shape index (κ1) is 13.8. The number of carboxylic acid groups (broad SMARTS) is 1. The van der Waals surface area contributed by atoms with Crippen molar-refractivity contribution < 1.29 is 19.8 Å². The first-order chi connectivity index (χ1) is 7.91. The van der Waals surface area contributed by atoms with Gasteiger partial charge in [0.2, 0.25) is 0 Å². The maximum absolute atomic E-state index is 11.6. The van der Waals surface area contributed by atoms with Gasteiger partial charge in [-0.15, -0.1) is 0 Å². The minimum atomic E-state index is -1.41. The Morgan fingerprint density at radius 2 is 2.12 bits per heavy atom. The van der Waals surface area contributed by atoms with Gasteiger partial charge in [-0.3, -0.25) is 0 Å². The number of urea groups is 1. The summed E-state index contributed by atoms with van der Waals surface area (Å²) in [5, 5.41) is 20.0. The number of hydrogen-bond donors (Lipinski definition) is 3. The molecule has 1 rings (SSSR count). The van der Waals surface area contributed by atoms with Gasteiger partial charge < -0.3 is 20.4 Å². The van der Waals surface area contributed by atoms with Gasteiger partial charge >= 0.3 is 12.0 Å². The summed E-state index contributed by atoms with van der Waals surface area (Å²) >= 11 is 0. The van der Waals surface area contributed by atoms with Crippen molar-refractivity contribution in [1.29, 1.82) is 0 Å². The molecule has 0 spiro atoms. The molecular weight excluding hydrogens is 224 g/mol. The van der Waals surface area contributed by atoms with Crippen LogP contribution in [0.5, 0.6) is 0 Å². The van der Waals surface area contributed by atoms with E-state index in [9.17, 15) is 9.59 Å². The van der Waals surface area contributed by atoms with E-state index in [1.54, 1.807) is 11.9 Å². The van der Waals surface area contributed by atoms with Crippen LogP contribution in [0.4, 0.5) is 4.79 Å². The normalized spacial score (nSPS) is 23.9. The van der Waals surface area contributed by atoms with E-state index >= 15 is 0 Å². The molecule has 0 aromatic heterocycles. The molecule has 3 N–H and O–H groups in total. The van der Waals surface area contributed by atoms with Crippen molar-refractivity contribution in [2.75, 3.05) is 20.1 Å². The molecule has 6 heteroatoms. The minimum Gasteiger partial charge on any atom is -0.479 e. The van der Waals surface area contributed by atoms with E-state index in [0.29, 0.717) is 11.8 Å². The van der Waals surface area contributed by atoms with E-state index in [2.05, 4.69) is 12.2 Å². The van der Waals surface area contributed by atoms with E-state index < -0.39 is 12.1 Å². The number of carbonyl (C=O) groups is 2. The smallest absolute Gasteiger partial charge is 0.332 e. The third-order valence-electron chi connectivity index (χ3n) is 3.11. The van der Waals surface area contributed by atoms with Crippen LogP contribution in [-0.2, 0) is 4.79 Å². The van der Waals surface area contributed by atoms with E-state index in [1.165, 1.54) is 0 Å². The predicted molar refractivity (Wildman–Crippen MR) is 61.6 cm³/mol. The van der Waals surface area contributed by atoms with Crippen LogP contribution in [0.2, 0.25) is 0 Å². The molecule has 2 unspecified atom stereocenters. The standard InChI is InChI=1S/C11H20N2O4/c1-7-5-8(7)6-13(2)11(17)12-4-3-9(14)10(15)16/h7-9,14H,3-6H2,1-2H3,(H,12,17)(H,15,16)/t7?,8?,9-/m0/s1. The molecule has 0 aromatic carbocycles. The van der Waals surface area contributed by atoms with Gasteiger partial charge in [-0.1, -0.05) is 6.92 Å². The first-order valence-corrected chi connectivity index (χ1v) is 5.81. The number of carboxylic acids is 1. The van der Waals surface area contributed by atoms with Gasteiger partial charge in [0, 0.05) is 26.6 Å². The Morgan fingerprint density at radius 1 is 1.53 bits per heavy atom. The molecular formula is C11H20N2O4. The van der Waals surface area contributed by atoms with Gasteiger partial charge in [-0.25, -0.2) is 9.59 Å². The number of nitrogens with one attached hydrogen (secondary N) is 1. The second kappa shape index (κ2) is 5.86. The Hall–Kier alpha value is -1.30. The molecule has 1 aliphatic carbocycles. The number of nitrogens with zero attached hydrogens (tertiary/aromatic N) is 1. The highest BCUT2D eigenvalue weighted by atomic mass is 16.4. The van der Waals surface area contributed by atoms with Gasteiger partial charge in [0.05, 0.1) is 0 Å². The molecule has 1 aliphatic rings. The summed E-state index contributed by atoms with van der Waals surface area (Å²) in [6.07, 6.45) is -0.228. The number of hydrogen-bond acceptors (Lipinski definition) is 3. The molecule has 0 bridgehead atoms. The zero-order valence-corrected chi connectivity index (χ0v) is 10.2. The first-order valence-electron chi connectivity index (χ1n) is 5.81. The number of carbonyl (C=O) groups excluding carboxylic acids is 1. The number of aliphatic carboxylic acids is 1. The maximum atomic E-state index is 11.6. The van der Waals surface area contributed by atoms with Gasteiger partial charge in [0.1, 0.15) is 0 Å². The Kier molecular flexibility index (Phi) is 4.74. The highest BCUT2D eigenvalue weighted by Gasteiger charge is 2.34. The molecule has 0 radical (unpaired) electrons. The summed E-state index contributed by atoms with van der Waals surface area (Å²) in [7, 11) is 1.72. The van der Waals surface area contributed by atoms with E-state index in [1.807, 2.05) is 0 Å². The van der Waals surface area contributed by atoms with Crippen LogP contribution in [0, 0.1) is 11.8 Å². The highest BCUT2D eigenvalue weighted by Crippen LogP contribution is 2.37. The summed E-state index contributed by atoms with van der Waals surface area (Å²) in [5.74, 6) is 0.0221. The van der Waals surface area contributed by atoms with Crippen LogP contribution in [0.15, 0.2) is 0 Å². The van der Waals surface area contributed by atoms with Crippen LogP contribution in [-0.4, -0.2) is 53.4 Å². The fourth-order valence-corrected chi connectivity index (χ4v) is 1.66. The number of aliphatic hydroxyl groups is 1. The SMILES string of the molecule is CC1CC1CN(C)C(=O)NCC[C@H](O)C(=O)O. The largest absolute Gasteiger partial charge is 0.479 e. The van der Waals surface area contributed by atoms with Crippen molar-refractivity contribution in [2.45, 2.75) is 25.9 Å². The fraction of sp³-hybridized carbons (Fsp3) is 0.818. The second-order valence-electron chi connectivity index (χ2n) is 4.73. The summed E-state index contributed by atoms with van der Waals surface area (Å²) < 4.78 is 0. The topological polar surface area (TPSA) is 89.9 Å². The van der Waals surface area contributed by atoms with Crippen LogP contribution < -0.4 is 5.32 Å². The molecule has 2 amide bonds.